The number of terminal acetylenes is 1. The number of fused-ring (bicyclic) bond motifs is 1. The minimum atomic E-state index is -2.62. The van der Waals surface area contributed by atoms with E-state index < -0.39 is 41.6 Å². The molecule has 112 valence electrons. The van der Waals surface area contributed by atoms with Crippen LogP contribution >= 0.6 is 0 Å². The maximum Gasteiger partial charge on any atom is 0.330 e. The number of aliphatic hydroxyl groups excluding tert-OH is 1. The molecule has 0 aromatic carbocycles. The average molecular weight is 298 g/mol. The molecule has 0 spiro atoms. The zero-order chi connectivity index (χ0) is 15.3. The van der Waals surface area contributed by atoms with Crippen LogP contribution in [-0.4, -0.2) is 45.6 Å². The molecule has 21 heavy (non-hydrogen) atoms. The largest absolute Gasteiger partial charge is 0.390 e. The van der Waals surface area contributed by atoms with E-state index in [0.717, 1.165) is 16.8 Å². The van der Waals surface area contributed by atoms with Crippen LogP contribution in [0.3, 0.4) is 0 Å². The van der Waals surface area contributed by atoms with Crippen LogP contribution in [0.25, 0.3) is 0 Å². The van der Waals surface area contributed by atoms with Crippen LogP contribution < -0.4 is 11.2 Å². The van der Waals surface area contributed by atoms with E-state index in [4.69, 9.17) is 20.6 Å². The van der Waals surface area contributed by atoms with Gasteiger partial charge in [0.05, 0.1) is 0 Å². The van der Waals surface area contributed by atoms with E-state index in [1.165, 1.54) is 0 Å². The topological polar surface area (TPSA) is 103 Å². The first-order chi connectivity index (χ1) is 9.97. The number of ether oxygens (including phenoxy) is 3. The van der Waals surface area contributed by atoms with Gasteiger partial charge in [0.15, 0.2) is 12.3 Å². The first-order valence-corrected chi connectivity index (χ1v) is 5.99. The summed E-state index contributed by atoms with van der Waals surface area (Å²) in [4.78, 5) is 25.0. The highest BCUT2D eigenvalue weighted by atomic mass is 19.2. The van der Waals surface area contributed by atoms with Gasteiger partial charge in [-0.1, -0.05) is 5.92 Å². The number of H-pyrrole nitrogens is 1. The smallest absolute Gasteiger partial charge is 0.330 e. The predicted octanol–water partition coefficient (Wildman–Crippen LogP) is -1.53. The summed E-state index contributed by atoms with van der Waals surface area (Å²) in [6, 6.07) is 1.05. The van der Waals surface area contributed by atoms with Crippen LogP contribution in [0.1, 0.15) is 6.23 Å². The fraction of sp³-hybridized carbons (Fsp3) is 0.500. The normalized spacial score (nSPS) is 38.1. The van der Waals surface area contributed by atoms with Gasteiger partial charge in [-0.2, -0.15) is 0 Å². The van der Waals surface area contributed by atoms with Gasteiger partial charge in [0.1, 0.15) is 13.4 Å². The molecule has 2 aliphatic rings. The van der Waals surface area contributed by atoms with Crippen molar-refractivity contribution < 1.29 is 23.7 Å². The van der Waals surface area contributed by atoms with Crippen molar-refractivity contribution in [3.8, 4) is 12.3 Å². The fourth-order valence-electron chi connectivity index (χ4n) is 2.56. The monoisotopic (exact) mass is 298 g/mol. The van der Waals surface area contributed by atoms with E-state index in [1.54, 1.807) is 0 Å². The van der Waals surface area contributed by atoms with Crippen LogP contribution in [0.5, 0.6) is 0 Å². The van der Waals surface area contributed by atoms with Crippen LogP contribution in [0.15, 0.2) is 21.9 Å². The summed E-state index contributed by atoms with van der Waals surface area (Å²) in [6.07, 6.45) is 3.74. The Hall–Kier alpha value is -1.99. The van der Waals surface area contributed by atoms with Crippen molar-refractivity contribution in [1.82, 2.24) is 9.55 Å². The molecule has 3 heterocycles. The average Bonchev–Trinajstić information content (AvgIpc) is 2.99. The van der Waals surface area contributed by atoms with Crippen LogP contribution in [0.4, 0.5) is 4.39 Å². The van der Waals surface area contributed by atoms with Gasteiger partial charge in [0, 0.05) is 12.3 Å². The predicted molar refractivity (Wildman–Crippen MR) is 64.8 cm³/mol. The zero-order valence-corrected chi connectivity index (χ0v) is 10.6. The standard InChI is InChI=1S/C12H11FN2O6/c1-2-11-8(19-6-20-11)12(13,5-16)21-9(11)15-4-3-7(17)14-10(15)18/h1,3-4,8-9,16H,5-6H2,(H,14,17,18). The Morgan fingerprint density at radius 1 is 1.62 bits per heavy atom. The van der Waals surface area contributed by atoms with E-state index in [0.29, 0.717) is 0 Å². The van der Waals surface area contributed by atoms with E-state index in [1.807, 2.05) is 4.98 Å². The van der Waals surface area contributed by atoms with Gasteiger partial charge in [-0.05, 0) is 0 Å². The van der Waals surface area contributed by atoms with Gasteiger partial charge in [0.2, 0.25) is 5.60 Å². The van der Waals surface area contributed by atoms with Gasteiger partial charge >= 0.3 is 5.69 Å². The summed E-state index contributed by atoms with van der Waals surface area (Å²) >= 11 is 0. The highest BCUT2D eigenvalue weighted by molar-refractivity contribution is 5.24. The maximum absolute atomic E-state index is 14.6. The quantitative estimate of drug-likeness (QED) is 0.642. The third-order valence-electron chi connectivity index (χ3n) is 3.53. The van der Waals surface area contributed by atoms with Crippen LogP contribution in [0.2, 0.25) is 0 Å². The number of aliphatic hydroxyl groups is 1. The van der Waals surface area contributed by atoms with Crippen molar-refractivity contribution in [3.05, 3.63) is 33.1 Å². The van der Waals surface area contributed by atoms with Crippen LogP contribution in [0, 0.1) is 12.3 Å². The Bertz CT molecular complexity index is 723. The number of aromatic amines is 1. The number of alkyl halides is 1. The van der Waals surface area contributed by atoms with E-state index in [9.17, 15) is 19.1 Å². The molecule has 0 bridgehead atoms. The summed E-state index contributed by atoms with van der Waals surface area (Å²) in [6.45, 7) is -1.34. The SMILES string of the molecule is C#CC12OCOC1C(F)(CO)OC2n1ccc(=O)[nH]c1=O. The number of aromatic nitrogens is 2. The molecule has 2 fully saturated rings. The van der Waals surface area contributed by atoms with Crippen molar-refractivity contribution in [3.63, 3.8) is 0 Å². The molecular formula is C12H11FN2O6. The Labute approximate surface area is 117 Å². The molecule has 0 radical (unpaired) electrons. The maximum atomic E-state index is 14.6. The van der Waals surface area contributed by atoms with Gasteiger partial charge in [0.25, 0.3) is 11.4 Å². The molecule has 2 aliphatic heterocycles. The summed E-state index contributed by atoms with van der Waals surface area (Å²) in [5.41, 5.74) is -3.20. The number of hydrogen-bond donors (Lipinski definition) is 2. The number of nitrogens with zero attached hydrogens (tertiary/aromatic N) is 1. The highest BCUT2D eigenvalue weighted by Crippen LogP contribution is 2.50. The summed E-state index contributed by atoms with van der Waals surface area (Å²) in [7, 11) is 0. The fourth-order valence-corrected chi connectivity index (χ4v) is 2.56. The zero-order valence-electron chi connectivity index (χ0n) is 10.6. The third kappa shape index (κ3) is 1.77. The summed E-state index contributed by atoms with van der Waals surface area (Å²) < 4.78 is 31.0. The lowest BCUT2D eigenvalue weighted by atomic mass is 9.94. The summed E-state index contributed by atoms with van der Waals surface area (Å²) in [5.74, 6) is -0.378. The lowest BCUT2D eigenvalue weighted by Gasteiger charge is -2.25. The summed E-state index contributed by atoms with van der Waals surface area (Å²) in [5, 5.41) is 9.21. The molecule has 4 unspecified atom stereocenters. The number of halogens is 1. The minimum absolute atomic E-state index is 0.307. The molecule has 9 heteroatoms. The second-order valence-corrected chi connectivity index (χ2v) is 4.68. The molecule has 1 aromatic heterocycles. The van der Waals surface area contributed by atoms with Gasteiger partial charge in [-0.25, -0.2) is 9.18 Å². The first kappa shape index (κ1) is 14.0. The van der Waals surface area contributed by atoms with E-state index >= 15 is 0 Å². The molecule has 0 aliphatic carbocycles. The lowest BCUT2D eigenvalue weighted by Crippen LogP contribution is -2.48. The van der Waals surface area contributed by atoms with Crippen molar-refractivity contribution in [2.45, 2.75) is 23.8 Å². The molecule has 8 nitrogen and oxygen atoms in total. The molecule has 0 saturated carbocycles. The molecule has 4 atom stereocenters. The molecule has 1 aromatic rings. The molecular weight excluding hydrogens is 287 g/mol. The number of rotatable bonds is 2. The van der Waals surface area contributed by atoms with Crippen LogP contribution in [-0.2, 0) is 14.2 Å². The lowest BCUT2D eigenvalue weighted by molar-refractivity contribution is -0.229. The van der Waals surface area contributed by atoms with Crippen molar-refractivity contribution in [2.24, 2.45) is 0 Å². The number of nitrogens with one attached hydrogen (secondary N) is 1. The number of hydrogen-bond acceptors (Lipinski definition) is 6. The van der Waals surface area contributed by atoms with Gasteiger partial charge in [-0.3, -0.25) is 14.3 Å². The van der Waals surface area contributed by atoms with Crippen molar-refractivity contribution in [2.75, 3.05) is 13.4 Å². The Morgan fingerprint density at radius 3 is 3.00 bits per heavy atom. The van der Waals surface area contributed by atoms with Gasteiger partial charge in [-0.15, -0.1) is 6.42 Å². The first-order valence-electron chi connectivity index (χ1n) is 5.99. The van der Waals surface area contributed by atoms with Crippen molar-refractivity contribution in [1.29, 1.82) is 0 Å². The highest BCUT2D eigenvalue weighted by Gasteiger charge is 2.70. The second-order valence-electron chi connectivity index (χ2n) is 4.68. The molecule has 2 N–H and O–H groups in total. The Balaban J connectivity index is 2.16. The Kier molecular flexibility index (Phi) is 3.00. The second kappa shape index (κ2) is 4.51. The third-order valence-corrected chi connectivity index (χ3v) is 3.53. The Morgan fingerprint density at radius 2 is 2.38 bits per heavy atom. The molecule has 2 saturated heterocycles. The van der Waals surface area contributed by atoms with E-state index in [2.05, 4.69) is 5.92 Å². The minimum Gasteiger partial charge on any atom is -0.390 e. The van der Waals surface area contributed by atoms with E-state index in [-0.39, 0.29) is 6.79 Å². The van der Waals surface area contributed by atoms with Crippen molar-refractivity contribution >= 4 is 0 Å². The molecule has 3 rings (SSSR count). The molecule has 0 amide bonds. The van der Waals surface area contributed by atoms with Gasteiger partial charge < -0.3 is 19.3 Å².